The molecule has 8 heteroatoms. The number of nitrogens with two attached hydrogens (primary N) is 1. The highest BCUT2D eigenvalue weighted by Crippen LogP contribution is 2.21. The Balaban J connectivity index is 1.79. The number of aromatic nitrogens is 6. The number of nitrogens with zero attached hydrogens (tertiary/aromatic N) is 6. The van der Waals surface area contributed by atoms with E-state index in [2.05, 4.69) is 25.0 Å². The Morgan fingerprint density at radius 2 is 1.90 bits per heavy atom. The smallest absolute Gasteiger partial charge is 0.323 e. The number of ether oxygens (including phenoxy) is 1. The van der Waals surface area contributed by atoms with Gasteiger partial charge in [0.05, 0.1) is 0 Å². The average molecular weight is 275 g/mol. The molecule has 0 aliphatic heterocycles. The van der Waals surface area contributed by atoms with Gasteiger partial charge in [0.25, 0.3) is 5.95 Å². The Morgan fingerprint density at radius 1 is 1.10 bits per heavy atom. The van der Waals surface area contributed by atoms with Gasteiger partial charge in [-0.25, -0.2) is 4.98 Å². The summed E-state index contributed by atoms with van der Waals surface area (Å²) >= 11 is 0. The highest BCUT2D eigenvalue weighted by atomic mass is 16.5. The van der Waals surface area contributed by atoms with Crippen LogP contribution in [0.2, 0.25) is 0 Å². The fraction of sp³-hybridized carbons (Fsp3) is 0.583. The molecule has 2 aromatic heterocycles. The Hall–Kier alpha value is -2.25. The van der Waals surface area contributed by atoms with E-state index in [0.717, 1.165) is 12.8 Å². The summed E-state index contributed by atoms with van der Waals surface area (Å²) in [6.07, 6.45) is 10.0. The fourth-order valence-corrected chi connectivity index (χ4v) is 2.34. The second-order valence-electron chi connectivity index (χ2n) is 4.85. The first-order valence-corrected chi connectivity index (χ1v) is 6.84. The molecule has 3 rings (SSSR count). The average Bonchev–Trinajstić information content (AvgIpc) is 2.85. The van der Waals surface area contributed by atoms with Crippen molar-refractivity contribution in [3.8, 4) is 12.0 Å². The van der Waals surface area contributed by atoms with Crippen molar-refractivity contribution >= 4 is 5.95 Å². The van der Waals surface area contributed by atoms with E-state index in [0.29, 0.717) is 5.95 Å². The van der Waals surface area contributed by atoms with E-state index in [1.54, 1.807) is 0 Å². The van der Waals surface area contributed by atoms with Gasteiger partial charge in [0.2, 0.25) is 5.95 Å². The summed E-state index contributed by atoms with van der Waals surface area (Å²) < 4.78 is 7.28. The van der Waals surface area contributed by atoms with Gasteiger partial charge >= 0.3 is 6.01 Å². The lowest BCUT2D eigenvalue weighted by Crippen LogP contribution is -2.18. The molecule has 2 aromatic rings. The summed E-state index contributed by atoms with van der Waals surface area (Å²) in [7, 11) is 0. The highest BCUT2D eigenvalue weighted by Gasteiger charge is 2.16. The van der Waals surface area contributed by atoms with E-state index in [1.165, 1.54) is 43.0 Å². The van der Waals surface area contributed by atoms with Gasteiger partial charge in [0.1, 0.15) is 18.8 Å². The van der Waals surface area contributed by atoms with Gasteiger partial charge in [-0.3, -0.25) is 0 Å². The molecule has 0 amide bonds. The molecule has 2 heterocycles. The second-order valence-corrected chi connectivity index (χ2v) is 4.85. The Morgan fingerprint density at radius 3 is 2.60 bits per heavy atom. The Kier molecular flexibility index (Phi) is 3.71. The van der Waals surface area contributed by atoms with Crippen molar-refractivity contribution < 1.29 is 4.74 Å². The quantitative estimate of drug-likeness (QED) is 0.837. The zero-order valence-corrected chi connectivity index (χ0v) is 11.1. The number of nitrogen functional groups attached to an aromatic ring is 1. The van der Waals surface area contributed by atoms with Gasteiger partial charge in [-0.2, -0.15) is 24.7 Å². The molecule has 1 aliphatic rings. The maximum Gasteiger partial charge on any atom is 0.323 e. The van der Waals surface area contributed by atoms with Crippen molar-refractivity contribution in [3.63, 3.8) is 0 Å². The summed E-state index contributed by atoms with van der Waals surface area (Å²) in [4.78, 5) is 16.2. The standard InChI is InChI=1S/C12H17N7O/c13-10-16-11(19-8-14-7-15-19)18-12(17-10)20-9-5-3-1-2-4-6-9/h7-9H,1-6H2,(H2,13,16,17,18). The van der Waals surface area contributed by atoms with E-state index >= 15 is 0 Å². The predicted octanol–water partition coefficient (Wildman–Crippen LogP) is 1.14. The summed E-state index contributed by atoms with van der Waals surface area (Å²) in [5, 5.41) is 3.97. The fourth-order valence-electron chi connectivity index (χ4n) is 2.34. The number of hydrogen-bond donors (Lipinski definition) is 1. The third kappa shape index (κ3) is 3.01. The van der Waals surface area contributed by atoms with E-state index < -0.39 is 0 Å². The van der Waals surface area contributed by atoms with E-state index in [9.17, 15) is 0 Å². The van der Waals surface area contributed by atoms with Crippen LogP contribution in [0.25, 0.3) is 5.95 Å². The van der Waals surface area contributed by atoms with Crippen molar-refractivity contribution in [1.82, 2.24) is 29.7 Å². The third-order valence-electron chi connectivity index (χ3n) is 3.32. The van der Waals surface area contributed by atoms with Gasteiger partial charge in [-0.1, -0.05) is 12.8 Å². The Bertz CT molecular complexity index is 549. The largest absolute Gasteiger partial charge is 0.460 e. The van der Waals surface area contributed by atoms with Gasteiger partial charge in [0, 0.05) is 0 Å². The van der Waals surface area contributed by atoms with Crippen molar-refractivity contribution in [2.24, 2.45) is 0 Å². The minimum atomic E-state index is 0.120. The van der Waals surface area contributed by atoms with Crippen molar-refractivity contribution in [1.29, 1.82) is 0 Å². The van der Waals surface area contributed by atoms with Crippen LogP contribution in [0.1, 0.15) is 38.5 Å². The first-order chi connectivity index (χ1) is 9.81. The predicted molar refractivity (Wildman–Crippen MR) is 71.3 cm³/mol. The third-order valence-corrected chi connectivity index (χ3v) is 3.32. The molecule has 0 atom stereocenters. The summed E-state index contributed by atoms with van der Waals surface area (Å²) in [6, 6.07) is 0.259. The van der Waals surface area contributed by atoms with Crippen LogP contribution in [0, 0.1) is 0 Å². The topological polar surface area (TPSA) is 105 Å². The molecule has 1 saturated carbocycles. The zero-order valence-electron chi connectivity index (χ0n) is 11.1. The molecule has 20 heavy (non-hydrogen) atoms. The van der Waals surface area contributed by atoms with Crippen LogP contribution in [0.15, 0.2) is 12.7 Å². The molecule has 106 valence electrons. The van der Waals surface area contributed by atoms with Crippen LogP contribution >= 0.6 is 0 Å². The number of anilines is 1. The molecule has 0 unspecified atom stereocenters. The SMILES string of the molecule is Nc1nc(OC2CCCCCC2)nc(-n2cncn2)n1. The van der Waals surface area contributed by atoms with E-state index in [4.69, 9.17) is 10.5 Å². The van der Waals surface area contributed by atoms with Gasteiger partial charge < -0.3 is 10.5 Å². The molecule has 0 bridgehead atoms. The summed E-state index contributed by atoms with van der Waals surface area (Å²) in [5.74, 6) is 0.438. The molecule has 1 fully saturated rings. The van der Waals surface area contributed by atoms with Crippen LogP contribution in [-0.2, 0) is 0 Å². The van der Waals surface area contributed by atoms with Crippen molar-refractivity contribution in [2.45, 2.75) is 44.6 Å². The van der Waals surface area contributed by atoms with Gasteiger partial charge in [0.15, 0.2) is 0 Å². The van der Waals surface area contributed by atoms with E-state index in [-0.39, 0.29) is 18.1 Å². The molecule has 0 aromatic carbocycles. The monoisotopic (exact) mass is 275 g/mol. The molecule has 0 saturated heterocycles. The van der Waals surface area contributed by atoms with E-state index in [1.807, 2.05) is 0 Å². The summed E-state index contributed by atoms with van der Waals surface area (Å²) in [5.41, 5.74) is 5.70. The Labute approximate surface area is 116 Å². The van der Waals surface area contributed by atoms with Crippen LogP contribution in [-0.4, -0.2) is 35.8 Å². The van der Waals surface area contributed by atoms with Crippen LogP contribution in [0.4, 0.5) is 5.95 Å². The van der Waals surface area contributed by atoms with Crippen LogP contribution in [0.5, 0.6) is 6.01 Å². The normalized spacial score (nSPS) is 16.8. The second kappa shape index (κ2) is 5.81. The van der Waals surface area contributed by atoms with Crippen LogP contribution < -0.4 is 10.5 Å². The molecule has 1 aliphatic carbocycles. The van der Waals surface area contributed by atoms with Gasteiger partial charge in [-0.05, 0) is 25.7 Å². The lowest BCUT2D eigenvalue weighted by atomic mass is 10.2. The zero-order chi connectivity index (χ0) is 13.8. The summed E-state index contributed by atoms with van der Waals surface area (Å²) in [6.45, 7) is 0. The minimum absolute atomic E-state index is 0.120. The van der Waals surface area contributed by atoms with Crippen LogP contribution in [0.3, 0.4) is 0 Å². The maximum atomic E-state index is 5.85. The molecule has 0 spiro atoms. The maximum absolute atomic E-state index is 5.85. The molecular weight excluding hydrogens is 258 g/mol. The van der Waals surface area contributed by atoms with Crippen molar-refractivity contribution in [2.75, 3.05) is 5.73 Å². The lowest BCUT2D eigenvalue weighted by Gasteiger charge is -2.15. The number of rotatable bonds is 3. The van der Waals surface area contributed by atoms with Gasteiger partial charge in [-0.15, -0.1) is 0 Å². The highest BCUT2D eigenvalue weighted by molar-refractivity contribution is 5.24. The lowest BCUT2D eigenvalue weighted by molar-refractivity contribution is 0.167. The molecule has 2 N–H and O–H groups in total. The molecule has 8 nitrogen and oxygen atoms in total. The molecule has 0 radical (unpaired) electrons. The molecular formula is C12H17N7O. The first-order valence-electron chi connectivity index (χ1n) is 6.84. The first kappa shape index (κ1) is 12.8. The minimum Gasteiger partial charge on any atom is -0.460 e. The number of hydrogen-bond acceptors (Lipinski definition) is 7. The van der Waals surface area contributed by atoms with Crippen molar-refractivity contribution in [3.05, 3.63) is 12.7 Å².